The van der Waals surface area contributed by atoms with E-state index in [0.29, 0.717) is 12.2 Å². The Balaban J connectivity index is 2.31. The number of nitrogens with one attached hydrogen (secondary N) is 1. The number of hydrogen-bond acceptors (Lipinski definition) is 6. The molecule has 0 atom stereocenters. The van der Waals surface area contributed by atoms with Crippen LogP contribution in [0.2, 0.25) is 0 Å². The molecule has 84 valence electrons. The zero-order valence-corrected chi connectivity index (χ0v) is 9.78. The van der Waals surface area contributed by atoms with E-state index in [4.69, 9.17) is 0 Å². The molecule has 0 saturated carbocycles. The van der Waals surface area contributed by atoms with E-state index in [1.54, 1.807) is 14.0 Å². The summed E-state index contributed by atoms with van der Waals surface area (Å²) in [4.78, 5) is 15.7. The number of aromatic nitrogens is 4. The number of nitrogens with zero attached hydrogens (tertiary/aromatic N) is 4. The molecule has 0 unspecified atom stereocenters. The Bertz CT molecular complexity index is 547. The first-order valence-electron chi connectivity index (χ1n) is 4.73. The largest absolute Gasteiger partial charge is 0.377 e. The van der Waals surface area contributed by atoms with E-state index in [2.05, 4.69) is 19.9 Å². The van der Waals surface area contributed by atoms with Gasteiger partial charge in [-0.05, 0) is 6.92 Å². The van der Waals surface area contributed by atoms with Crippen LogP contribution in [-0.4, -0.2) is 26.2 Å². The first-order valence-corrected chi connectivity index (χ1v) is 5.50. The normalized spacial score (nSPS) is 10.4. The lowest BCUT2D eigenvalue weighted by molar-refractivity contribution is 0.712. The maximum absolute atomic E-state index is 11.6. The molecule has 6 nitrogen and oxygen atoms in total. The van der Waals surface area contributed by atoms with Crippen LogP contribution in [0.1, 0.15) is 11.4 Å². The first kappa shape index (κ1) is 10.7. The highest BCUT2D eigenvalue weighted by Gasteiger charge is 2.07. The van der Waals surface area contributed by atoms with Crippen LogP contribution in [0, 0.1) is 6.92 Å². The lowest BCUT2D eigenvalue weighted by atomic mass is 10.4. The lowest BCUT2D eigenvalue weighted by Gasteiger charge is -2.03. The van der Waals surface area contributed by atoms with Gasteiger partial charge in [0.2, 0.25) is 0 Å². The third-order valence-corrected chi connectivity index (χ3v) is 2.90. The van der Waals surface area contributed by atoms with Gasteiger partial charge in [0, 0.05) is 30.3 Å². The molecule has 2 heterocycles. The predicted octanol–water partition coefficient (Wildman–Crippen LogP) is 0.493. The van der Waals surface area contributed by atoms with E-state index >= 15 is 0 Å². The van der Waals surface area contributed by atoms with Crippen molar-refractivity contribution in [2.24, 2.45) is 0 Å². The summed E-state index contributed by atoms with van der Waals surface area (Å²) in [5, 5.41) is 7.82. The second kappa shape index (κ2) is 4.40. The Labute approximate surface area is 96.1 Å². The van der Waals surface area contributed by atoms with Crippen LogP contribution in [0.5, 0.6) is 0 Å². The molecule has 0 aliphatic carbocycles. The maximum atomic E-state index is 11.6. The third kappa shape index (κ3) is 2.08. The van der Waals surface area contributed by atoms with Gasteiger partial charge in [-0.2, -0.15) is 0 Å². The summed E-state index contributed by atoms with van der Waals surface area (Å²) < 4.78 is 5.33. The molecule has 0 amide bonds. The van der Waals surface area contributed by atoms with Crippen LogP contribution in [0.25, 0.3) is 0 Å². The van der Waals surface area contributed by atoms with Crippen LogP contribution >= 0.6 is 11.5 Å². The molecule has 0 aromatic carbocycles. The highest BCUT2D eigenvalue weighted by Crippen LogP contribution is 2.16. The minimum Gasteiger partial charge on any atom is -0.377 e. The summed E-state index contributed by atoms with van der Waals surface area (Å²) in [7, 11) is 1.80. The van der Waals surface area contributed by atoms with Gasteiger partial charge in [0.15, 0.2) is 0 Å². The topological polar surface area (TPSA) is 72.7 Å². The van der Waals surface area contributed by atoms with E-state index < -0.39 is 0 Å². The maximum Gasteiger partial charge on any atom is 0.253 e. The molecule has 2 rings (SSSR count). The Morgan fingerprint density at radius 2 is 2.38 bits per heavy atom. The molecular weight excluding hydrogens is 226 g/mol. The molecule has 0 saturated heterocycles. The molecule has 0 aliphatic heterocycles. The number of rotatable bonds is 3. The van der Waals surface area contributed by atoms with Gasteiger partial charge < -0.3 is 5.32 Å². The molecule has 0 bridgehead atoms. The van der Waals surface area contributed by atoms with Crippen LogP contribution in [0.15, 0.2) is 17.2 Å². The van der Waals surface area contributed by atoms with Crippen molar-refractivity contribution in [2.75, 3.05) is 12.4 Å². The van der Waals surface area contributed by atoms with E-state index in [0.717, 1.165) is 10.7 Å². The van der Waals surface area contributed by atoms with E-state index in [9.17, 15) is 4.79 Å². The molecular formula is C9H11N5OS. The minimum absolute atomic E-state index is 0.0810. The van der Waals surface area contributed by atoms with Gasteiger partial charge in [-0.15, -0.1) is 5.10 Å². The van der Waals surface area contributed by atoms with Gasteiger partial charge in [0.05, 0.1) is 12.9 Å². The predicted molar refractivity (Wildman–Crippen MR) is 61.8 cm³/mol. The zero-order chi connectivity index (χ0) is 11.5. The van der Waals surface area contributed by atoms with Crippen LogP contribution in [-0.2, 0) is 6.54 Å². The fourth-order valence-electron chi connectivity index (χ4n) is 1.30. The highest BCUT2D eigenvalue weighted by atomic mass is 32.1. The summed E-state index contributed by atoms with van der Waals surface area (Å²) in [6.45, 7) is 2.17. The molecule has 2 aromatic rings. The average Bonchev–Trinajstić information content (AvgIpc) is 2.69. The van der Waals surface area contributed by atoms with E-state index in [1.807, 2.05) is 0 Å². The highest BCUT2D eigenvalue weighted by molar-refractivity contribution is 7.10. The van der Waals surface area contributed by atoms with Crippen molar-refractivity contribution in [3.63, 3.8) is 0 Å². The molecule has 0 aliphatic rings. The molecule has 1 N–H and O–H groups in total. The van der Waals surface area contributed by atoms with Crippen molar-refractivity contribution in [3.8, 4) is 0 Å². The Hall–Kier alpha value is -1.76. The van der Waals surface area contributed by atoms with Gasteiger partial charge in [-0.3, -0.25) is 9.36 Å². The van der Waals surface area contributed by atoms with Crippen molar-refractivity contribution in [1.82, 2.24) is 19.1 Å². The quantitative estimate of drug-likeness (QED) is 0.841. The number of anilines is 1. The van der Waals surface area contributed by atoms with Gasteiger partial charge in [-0.25, -0.2) is 4.98 Å². The van der Waals surface area contributed by atoms with E-state index in [1.165, 1.54) is 28.5 Å². The summed E-state index contributed by atoms with van der Waals surface area (Å²) >= 11 is 1.27. The van der Waals surface area contributed by atoms with Crippen molar-refractivity contribution in [3.05, 3.63) is 34.1 Å². The second-order valence-electron chi connectivity index (χ2n) is 3.30. The molecule has 0 radical (unpaired) electrons. The lowest BCUT2D eigenvalue weighted by Crippen LogP contribution is -2.21. The monoisotopic (exact) mass is 237 g/mol. The Morgan fingerprint density at radius 3 is 3.06 bits per heavy atom. The van der Waals surface area contributed by atoms with Gasteiger partial charge in [0.25, 0.3) is 5.56 Å². The van der Waals surface area contributed by atoms with Crippen LogP contribution < -0.4 is 10.9 Å². The van der Waals surface area contributed by atoms with Crippen molar-refractivity contribution < 1.29 is 0 Å². The van der Waals surface area contributed by atoms with Crippen molar-refractivity contribution in [1.29, 1.82) is 0 Å². The van der Waals surface area contributed by atoms with Gasteiger partial charge >= 0.3 is 0 Å². The zero-order valence-electron chi connectivity index (χ0n) is 8.97. The summed E-state index contributed by atoms with van der Waals surface area (Å²) in [6, 6.07) is 1.50. The second-order valence-corrected chi connectivity index (χ2v) is 4.05. The number of aryl methyl sites for hydroxylation is 1. The minimum atomic E-state index is -0.0810. The van der Waals surface area contributed by atoms with Crippen molar-refractivity contribution >= 4 is 16.5 Å². The Morgan fingerprint density at radius 1 is 1.56 bits per heavy atom. The molecule has 2 aromatic heterocycles. The molecule has 0 fully saturated rings. The van der Waals surface area contributed by atoms with Crippen LogP contribution in [0.4, 0.5) is 5.00 Å². The molecule has 16 heavy (non-hydrogen) atoms. The molecule has 0 spiro atoms. The van der Waals surface area contributed by atoms with Crippen LogP contribution in [0.3, 0.4) is 0 Å². The summed E-state index contributed by atoms with van der Waals surface area (Å²) in [6.07, 6.45) is 1.52. The summed E-state index contributed by atoms with van der Waals surface area (Å²) in [5.41, 5.74) is 1.38. The third-order valence-electron chi connectivity index (χ3n) is 2.12. The fourth-order valence-corrected chi connectivity index (χ4v) is 1.82. The smallest absolute Gasteiger partial charge is 0.253 e. The standard InChI is InChI=1S/C9H11N5OS/c1-6-3-8(15)14(5-11-6)4-7-9(10-2)16-13-12-7/h3,5,10H,4H2,1-2H3. The van der Waals surface area contributed by atoms with Gasteiger partial charge in [-0.1, -0.05) is 4.49 Å². The van der Waals surface area contributed by atoms with Crippen molar-refractivity contribution in [2.45, 2.75) is 13.5 Å². The first-order chi connectivity index (χ1) is 7.70. The average molecular weight is 237 g/mol. The Kier molecular flexibility index (Phi) is 2.95. The number of hydrogen-bond donors (Lipinski definition) is 1. The SMILES string of the molecule is CNc1snnc1Cn1cnc(C)cc1=O. The fraction of sp³-hybridized carbons (Fsp3) is 0.333. The van der Waals surface area contributed by atoms with Gasteiger partial charge in [0.1, 0.15) is 10.7 Å². The summed E-state index contributed by atoms with van der Waals surface area (Å²) in [5.74, 6) is 0. The molecule has 7 heteroatoms. The van der Waals surface area contributed by atoms with E-state index in [-0.39, 0.29) is 5.56 Å².